The van der Waals surface area contributed by atoms with Crippen LogP contribution in [0, 0.1) is 11.8 Å². The van der Waals surface area contributed by atoms with Crippen molar-refractivity contribution in [3.8, 4) is 11.8 Å². The largest absolute Gasteiger partial charge is 0.285 e. The number of hydrogen-bond donors (Lipinski definition) is 1. The predicted octanol–water partition coefficient (Wildman–Crippen LogP) is 2.67. The second kappa shape index (κ2) is 9.41. The number of nitrogens with zero attached hydrogens (tertiary/aromatic N) is 2. The zero-order chi connectivity index (χ0) is 13.1. The van der Waals surface area contributed by atoms with E-state index in [0.29, 0.717) is 6.42 Å². The van der Waals surface area contributed by atoms with Crippen molar-refractivity contribution in [2.75, 3.05) is 0 Å². The van der Waals surface area contributed by atoms with E-state index in [-0.39, 0.29) is 5.78 Å². The molecule has 4 nitrogen and oxygen atoms in total. The number of carbonyl (C=O) groups excluding carboxylic acids is 1. The van der Waals surface area contributed by atoms with Gasteiger partial charge in [-0.15, -0.1) is 0 Å². The summed E-state index contributed by atoms with van der Waals surface area (Å²) >= 11 is 0. The number of carbonyl (C=O) groups is 1. The number of unbranched alkanes of at least 4 members (excludes halogenated alkanes) is 5. The van der Waals surface area contributed by atoms with Crippen molar-refractivity contribution in [2.45, 2.75) is 58.3 Å². The van der Waals surface area contributed by atoms with Gasteiger partial charge < -0.3 is 0 Å². The lowest BCUT2D eigenvalue weighted by Gasteiger charge is -1.99. The average Bonchev–Trinajstić information content (AvgIpc) is 2.86. The maximum absolute atomic E-state index is 11.1. The number of aromatic amines is 1. The summed E-state index contributed by atoms with van der Waals surface area (Å²) in [5, 5.41) is 10.4. The Labute approximate surface area is 109 Å². The Kier molecular flexibility index (Phi) is 7.54. The molecule has 4 heteroatoms. The van der Waals surface area contributed by atoms with E-state index in [0.717, 1.165) is 31.4 Å². The Bertz CT molecular complexity index is 387. The smallest absolute Gasteiger partial charge is 0.205 e. The molecule has 0 unspecified atom stereocenters. The van der Waals surface area contributed by atoms with Crippen LogP contribution < -0.4 is 0 Å². The molecule has 0 aromatic carbocycles. The van der Waals surface area contributed by atoms with Crippen LogP contribution in [0.5, 0.6) is 0 Å². The van der Waals surface area contributed by atoms with Gasteiger partial charge in [0.15, 0.2) is 0 Å². The summed E-state index contributed by atoms with van der Waals surface area (Å²) in [6.45, 7) is 1.70. The zero-order valence-corrected chi connectivity index (χ0v) is 11.0. The quantitative estimate of drug-likeness (QED) is 0.414. The Hall–Kier alpha value is -1.63. The third-order valence-corrected chi connectivity index (χ3v) is 2.82. The van der Waals surface area contributed by atoms with Crippen LogP contribution in [0.2, 0.25) is 0 Å². The molecule has 1 N–H and O–H groups in total. The summed E-state index contributed by atoms with van der Waals surface area (Å²) in [6.07, 6.45) is 10.3. The number of nitrogens with one attached hydrogen (secondary N) is 1. The van der Waals surface area contributed by atoms with Crippen LogP contribution in [0.15, 0.2) is 6.20 Å². The number of hydrogen-bond acceptors (Lipinski definition) is 3. The lowest BCUT2D eigenvalue weighted by Crippen LogP contribution is -1.92. The van der Waals surface area contributed by atoms with Crippen molar-refractivity contribution in [3.63, 3.8) is 0 Å². The molecule has 0 aliphatic heterocycles. The SMILES string of the molecule is CC#CC(=O)CCCCCCCCc1cn[nH]n1. The minimum absolute atomic E-state index is 0.0727. The van der Waals surface area contributed by atoms with Gasteiger partial charge in [0.1, 0.15) is 0 Å². The van der Waals surface area contributed by atoms with Gasteiger partial charge in [-0.05, 0) is 32.1 Å². The van der Waals surface area contributed by atoms with E-state index in [2.05, 4.69) is 27.3 Å². The van der Waals surface area contributed by atoms with Gasteiger partial charge in [-0.25, -0.2) is 0 Å². The lowest BCUT2D eigenvalue weighted by atomic mass is 10.1. The molecular weight excluding hydrogens is 226 g/mol. The molecule has 18 heavy (non-hydrogen) atoms. The van der Waals surface area contributed by atoms with Crippen molar-refractivity contribution >= 4 is 5.78 Å². The summed E-state index contributed by atoms with van der Waals surface area (Å²) in [5.41, 5.74) is 1.04. The first-order valence-corrected chi connectivity index (χ1v) is 6.63. The molecule has 1 aromatic rings. The highest BCUT2D eigenvalue weighted by molar-refractivity contribution is 5.95. The van der Waals surface area contributed by atoms with Gasteiger partial charge in [-0.2, -0.15) is 15.4 Å². The second-order valence-corrected chi connectivity index (χ2v) is 4.38. The van der Waals surface area contributed by atoms with Crippen molar-refractivity contribution < 1.29 is 4.79 Å². The van der Waals surface area contributed by atoms with Crippen molar-refractivity contribution in [1.29, 1.82) is 0 Å². The minimum Gasteiger partial charge on any atom is -0.285 e. The molecule has 0 atom stereocenters. The summed E-state index contributed by atoms with van der Waals surface area (Å²) in [7, 11) is 0. The maximum Gasteiger partial charge on any atom is 0.205 e. The maximum atomic E-state index is 11.1. The second-order valence-electron chi connectivity index (χ2n) is 4.38. The fraction of sp³-hybridized carbons (Fsp3) is 0.643. The Balaban J connectivity index is 1.86. The van der Waals surface area contributed by atoms with E-state index in [1.165, 1.54) is 19.3 Å². The molecule has 1 heterocycles. The van der Waals surface area contributed by atoms with Crippen LogP contribution in [0.25, 0.3) is 0 Å². The van der Waals surface area contributed by atoms with E-state index in [9.17, 15) is 4.79 Å². The van der Waals surface area contributed by atoms with E-state index in [1.807, 2.05) is 0 Å². The summed E-state index contributed by atoms with van der Waals surface area (Å²) in [4.78, 5) is 11.1. The molecule has 0 aliphatic carbocycles. The molecule has 0 spiro atoms. The topological polar surface area (TPSA) is 58.6 Å². The number of H-pyrrole nitrogens is 1. The third kappa shape index (κ3) is 6.85. The van der Waals surface area contributed by atoms with Crippen LogP contribution in [0.4, 0.5) is 0 Å². The lowest BCUT2D eigenvalue weighted by molar-refractivity contribution is -0.113. The highest BCUT2D eigenvalue weighted by Gasteiger charge is 1.98. The Morgan fingerprint density at radius 3 is 2.61 bits per heavy atom. The van der Waals surface area contributed by atoms with Gasteiger partial charge in [0.25, 0.3) is 0 Å². The number of ketones is 1. The molecule has 0 saturated heterocycles. The molecule has 0 bridgehead atoms. The molecule has 98 valence electrons. The van der Waals surface area contributed by atoms with E-state index < -0.39 is 0 Å². The van der Waals surface area contributed by atoms with Gasteiger partial charge in [-0.3, -0.25) is 4.79 Å². The number of aryl methyl sites for hydroxylation is 1. The minimum atomic E-state index is 0.0727. The highest BCUT2D eigenvalue weighted by Crippen LogP contribution is 2.09. The van der Waals surface area contributed by atoms with Gasteiger partial charge in [-0.1, -0.05) is 31.6 Å². The van der Waals surface area contributed by atoms with Crippen molar-refractivity contribution in [1.82, 2.24) is 15.4 Å². The predicted molar refractivity (Wildman–Crippen MR) is 70.9 cm³/mol. The van der Waals surface area contributed by atoms with Crippen LogP contribution in [-0.2, 0) is 11.2 Å². The van der Waals surface area contributed by atoms with E-state index in [1.54, 1.807) is 13.1 Å². The van der Waals surface area contributed by atoms with Gasteiger partial charge in [0.05, 0.1) is 11.9 Å². The Morgan fingerprint density at radius 2 is 1.94 bits per heavy atom. The number of Topliss-reactive ketones (excluding diaryl/α,β-unsaturated/α-hetero) is 1. The molecule has 0 radical (unpaired) electrons. The summed E-state index contributed by atoms with van der Waals surface area (Å²) < 4.78 is 0. The first-order valence-electron chi connectivity index (χ1n) is 6.63. The van der Waals surface area contributed by atoms with Crippen molar-refractivity contribution in [3.05, 3.63) is 11.9 Å². The normalized spacial score (nSPS) is 9.83. The van der Waals surface area contributed by atoms with Crippen LogP contribution in [0.1, 0.15) is 57.6 Å². The zero-order valence-electron chi connectivity index (χ0n) is 11.0. The fourth-order valence-electron chi connectivity index (χ4n) is 1.85. The summed E-state index contributed by atoms with van der Waals surface area (Å²) in [6, 6.07) is 0. The first kappa shape index (κ1) is 14.4. The van der Waals surface area contributed by atoms with Gasteiger partial charge >= 0.3 is 0 Å². The summed E-state index contributed by atoms with van der Waals surface area (Å²) in [5.74, 6) is 5.28. The fourth-order valence-corrected chi connectivity index (χ4v) is 1.85. The monoisotopic (exact) mass is 247 g/mol. The molecule has 0 aliphatic rings. The molecule has 1 aromatic heterocycles. The van der Waals surface area contributed by atoms with Gasteiger partial charge in [0.2, 0.25) is 5.78 Å². The molecule has 1 rings (SSSR count). The van der Waals surface area contributed by atoms with E-state index in [4.69, 9.17) is 0 Å². The van der Waals surface area contributed by atoms with Crippen LogP contribution in [-0.4, -0.2) is 21.2 Å². The average molecular weight is 247 g/mol. The molecular formula is C14H21N3O. The standard InChI is InChI=1S/C14H21N3O/c1-2-9-14(18)11-8-6-4-3-5-7-10-13-12-15-17-16-13/h12H,3-8,10-11H2,1H3,(H,15,16,17). The van der Waals surface area contributed by atoms with Crippen LogP contribution in [0.3, 0.4) is 0 Å². The molecule has 0 fully saturated rings. The van der Waals surface area contributed by atoms with Gasteiger partial charge in [0, 0.05) is 6.42 Å². The number of rotatable bonds is 9. The highest BCUT2D eigenvalue weighted by atomic mass is 16.1. The third-order valence-electron chi connectivity index (χ3n) is 2.82. The number of aromatic nitrogens is 3. The Morgan fingerprint density at radius 1 is 1.22 bits per heavy atom. The molecule has 0 amide bonds. The van der Waals surface area contributed by atoms with Crippen LogP contribution >= 0.6 is 0 Å². The van der Waals surface area contributed by atoms with E-state index >= 15 is 0 Å². The first-order chi connectivity index (χ1) is 8.83. The van der Waals surface area contributed by atoms with Crippen molar-refractivity contribution in [2.24, 2.45) is 0 Å². The molecule has 0 saturated carbocycles.